The van der Waals surface area contributed by atoms with E-state index in [0.717, 1.165) is 22.0 Å². The number of carbonyl (C=O) groups excluding carboxylic acids is 1. The fraction of sp³-hybridized carbons (Fsp3) is 0.0476. The molecule has 1 amide bonds. The van der Waals surface area contributed by atoms with Gasteiger partial charge >= 0.3 is 0 Å². The molecule has 4 rings (SSSR count). The third-order valence-corrected chi connectivity index (χ3v) is 4.78. The number of anilines is 1. The lowest BCUT2D eigenvalue weighted by Crippen LogP contribution is -2.14. The number of fused-ring (bicyclic) bond motifs is 1. The molecular weight excluding hydrogens is 344 g/mol. The maximum absolute atomic E-state index is 12.3. The van der Waals surface area contributed by atoms with Crippen LogP contribution in [0.25, 0.3) is 22.1 Å². The van der Waals surface area contributed by atoms with Crippen LogP contribution in [0.15, 0.2) is 88.6 Å². The molecule has 4 nitrogen and oxygen atoms in total. The molecule has 0 aliphatic carbocycles. The minimum Gasteiger partial charge on any atom is -0.431 e. The Bertz CT molecular complexity index is 1040. The van der Waals surface area contributed by atoms with Crippen LogP contribution in [0.1, 0.15) is 0 Å². The van der Waals surface area contributed by atoms with E-state index in [-0.39, 0.29) is 11.7 Å². The second-order valence-corrected chi connectivity index (χ2v) is 6.65. The van der Waals surface area contributed by atoms with E-state index in [2.05, 4.69) is 10.3 Å². The first kappa shape index (κ1) is 16.4. The number of oxazole rings is 1. The maximum atomic E-state index is 12.3. The van der Waals surface area contributed by atoms with Gasteiger partial charge in [-0.1, -0.05) is 78.5 Å². The Morgan fingerprint density at radius 3 is 2.62 bits per heavy atom. The van der Waals surface area contributed by atoms with Gasteiger partial charge in [0.2, 0.25) is 5.91 Å². The molecule has 1 heterocycles. The lowest BCUT2D eigenvalue weighted by atomic mass is 10.1. The van der Waals surface area contributed by atoms with Crippen LogP contribution in [0.5, 0.6) is 0 Å². The number of nitrogens with zero attached hydrogens (tertiary/aromatic N) is 1. The molecule has 0 aliphatic heterocycles. The molecule has 1 N–H and O–H groups in total. The summed E-state index contributed by atoms with van der Waals surface area (Å²) in [7, 11) is 0. The highest BCUT2D eigenvalue weighted by Crippen LogP contribution is 2.26. The molecule has 1 aromatic heterocycles. The standard InChI is InChI=1S/C21H16N2O2S/c24-20(23-18-12-6-10-15-7-4-5-11-17(15)18)14-26-21-22-13-19(25-21)16-8-2-1-3-9-16/h1-13H,14H2,(H,23,24). The highest BCUT2D eigenvalue weighted by Gasteiger charge is 2.10. The second-order valence-electron chi connectivity index (χ2n) is 5.72. The van der Waals surface area contributed by atoms with Gasteiger partial charge in [0, 0.05) is 16.6 Å². The molecule has 0 spiro atoms. The molecular formula is C21H16N2O2S. The van der Waals surface area contributed by atoms with Crippen molar-refractivity contribution in [2.75, 3.05) is 11.1 Å². The first-order valence-corrected chi connectivity index (χ1v) is 9.20. The number of carbonyl (C=O) groups is 1. The summed E-state index contributed by atoms with van der Waals surface area (Å²) >= 11 is 1.28. The van der Waals surface area contributed by atoms with Crippen LogP contribution in [-0.2, 0) is 4.79 Å². The number of benzene rings is 3. The smallest absolute Gasteiger partial charge is 0.256 e. The van der Waals surface area contributed by atoms with Gasteiger partial charge < -0.3 is 9.73 Å². The third-order valence-electron chi connectivity index (χ3n) is 3.93. The minimum absolute atomic E-state index is 0.0918. The largest absolute Gasteiger partial charge is 0.431 e. The van der Waals surface area contributed by atoms with Crippen molar-refractivity contribution in [3.8, 4) is 11.3 Å². The summed E-state index contributed by atoms with van der Waals surface area (Å²) in [6.07, 6.45) is 1.68. The van der Waals surface area contributed by atoms with Gasteiger partial charge in [0.1, 0.15) is 0 Å². The Morgan fingerprint density at radius 1 is 0.962 bits per heavy atom. The Balaban J connectivity index is 1.41. The zero-order valence-corrected chi connectivity index (χ0v) is 14.7. The van der Waals surface area contributed by atoms with Crippen LogP contribution in [0.4, 0.5) is 5.69 Å². The summed E-state index contributed by atoms with van der Waals surface area (Å²) in [5.74, 6) is 0.839. The molecule has 4 aromatic rings. The summed E-state index contributed by atoms with van der Waals surface area (Å²) in [5.41, 5.74) is 1.78. The predicted molar refractivity (Wildman–Crippen MR) is 105 cm³/mol. The molecule has 128 valence electrons. The number of hydrogen-bond donors (Lipinski definition) is 1. The Morgan fingerprint density at radius 2 is 1.73 bits per heavy atom. The Hall–Kier alpha value is -3.05. The van der Waals surface area contributed by atoms with Crippen molar-refractivity contribution in [2.45, 2.75) is 5.22 Å². The molecule has 0 unspecified atom stereocenters. The Labute approximate surface area is 155 Å². The maximum Gasteiger partial charge on any atom is 0.256 e. The zero-order chi connectivity index (χ0) is 17.8. The molecule has 0 atom stereocenters. The van der Waals surface area contributed by atoms with Gasteiger partial charge in [-0.25, -0.2) is 4.98 Å². The van der Waals surface area contributed by atoms with Crippen molar-refractivity contribution in [3.05, 3.63) is 79.0 Å². The average Bonchev–Trinajstić information content (AvgIpc) is 3.17. The fourth-order valence-electron chi connectivity index (χ4n) is 2.71. The summed E-state index contributed by atoms with van der Waals surface area (Å²) in [6, 6.07) is 23.6. The number of amides is 1. The van der Waals surface area contributed by atoms with Crippen molar-refractivity contribution in [1.29, 1.82) is 0 Å². The summed E-state index contributed by atoms with van der Waals surface area (Å²) in [5, 5.41) is 5.57. The van der Waals surface area contributed by atoms with E-state index in [0.29, 0.717) is 11.0 Å². The number of nitrogens with one attached hydrogen (secondary N) is 1. The SMILES string of the molecule is O=C(CSc1ncc(-c2ccccc2)o1)Nc1cccc2ccccc12. The van der Waals surface area contributed by atoms with Gasteiger partial charge in [-0.15, -0.1) is 0 Å². The van der Waals surface area contributed by atoms with E-state index in [9.17, 15) is 4.79 Å². The molecule has 3 aromatic carbocycles. The number of aromatic nitrogens is 1. The van der Waals surface area contributed by atoms with Gasteiger partial charge in [-0.3, -0.25) is 4.79 Å². The quantitative estimate of drug-likeness (QED) is 0.495. The molecule has 0 saturated carbocycles. The van der Waals surface area contributed by atoms with E-state index >= 15 is 0 Å². The molecule has 0 saturated heterocycles. The first-order valence-electron chi connectivity index (χ1n) is 8.21. The second kappa shape index (κ2) is 7.45. The molecule has 0 bridgehead atoms. The van der Waals surface area contributed by atoms with E-state index in [1.807, 2.05) is 72.8 Å². The summed E-state index contributed by atoms with van der Waals surface area (Å²) in [4.78, 5) is 16.5. The summed E-state index contributed by atoms with van der Waals surface area (Å²) in [6.45, 7) is 0. The molecule has 0 radical (unpaired) electrons. The van der Waals surface area contributed by atoms with Crippen LogP contribution >= 0.6 is 11.8 Å². The van der Waals surface area contributed by atoms with Gasteiger partial charge in [-0.2, -0.15) is 0 Å². The number of thioether (sulfide) groups is 1. The normalized spacial score (nSPS) is 10.8. The van der Waals surface area contributed by atoms with Crippen molar-refractivity contribution < 1.29 is 9.21 Å². The number of hydrogen-bond acceptors (Lipinski definition) is 4. The number of rotatable bonds is 5. The monoisotopic (exact) mass is 360 g/mol. The zero-order valence-electron chi connectivity index (χ0n) is 13.9. The molecule has 26 heavy (non-hydrogen) atoms. The van der Waals surface area contributed by atoms with Gasteiger partial charge in [0.05, 0.1) is 11.9 Å². The van der Waals surface area contributed by atoms with Crippen LogP contribution < -0.4 is 5.32 Å². The van der Waals surface area contributed by atoms with Crippen molar-refractivity contribution in [3.63, 3.8) is 0 Å². The minimum atomic E-state index is -0.0918. The fourth-order valence-corrected chi connectivity index (χ4v) is 3.31. The topological polar surface area (TPSA) is 55.1 Å². The van der Waals surface area contributed by atoms with Gasteiger partial charge in [0.25, 0.3) is 5.22 Å². The lowest BCUT2D eigenvalue weighted by Gasteiger charge is -2.08. The van der Waals surface area contributed by atoms with E-state index < -0.39 is 0 Å². The first-order chi connectivity index (χ1) is 12.8. The summed E-state index contributed by atoms with van der Waals surface area (Å²) < 4.78 is 5.71. The average molecular weight is 360 g/mol. The van der Waals surface area contributed by atoms with Gasteiger partial charge in [-0.05, 0) is 11.5 Å². The van der Waals surface area contributed by atoms with E-state index in [4.69, 9.17) is 4.42 Å². The van der Waals surface area contributed by atoms with Crippen LogP contribution in [-0.4, -0.2) is 16.6 Å². The van der Waals surface area contributed by atoms with Crippen LogP contribution in [0, 0.1) is 0 Å². The van der Waals surface area contributed by atoms with E-state index in [1.54, 1.807) is 6.20 Å². The highest BCUT2D eigenvalue weighted by molar-refractivity contribution is 7.99. The molecule has 0 aliphatic rings. The van der Waals surface area contributed by atoms with Crippen molar-refractivity contribution in [2.24, 2.45) is 0 Å². The lowest BCUT2D eigenvalue weighted by molar-refractivity contribution is -0.113. The molecule has 5 heteroatoms. The van der Waals surface area contributed by atoms with Crippen molar-refractivity contribution in [1.82, 2.24) is 4.98 Å². The van der Waals surface area contributed by atoms with E-state index in [1.165, 1.54) is 11.8 Å². The van der Waals surface area contributed by atoms with Crippen LogP contribution in [0.3, 0.4) is 0 Å². The highest BCUT2D eigenvalue weighted by atomic mass is 32.2. The van der Waals surface area contributed by atoms with Gasteiger partial charge in [0.15, 0.2) is 5.76 Å². The Kier molecular flexibility index (Phi) is 4.71. The third kappa shape index (κ3) is 3.63. The van der Waals surface area contributed by atoms with Crippen molar-refractivity contribution >= 4 is 34.1 Å². The predicted octanol–water partition coefficient (Wildman–Crippen LogP) is 5.23. The van der Waals surface area contributed by atoms with Crippen LogP contribution in [0.2, 0.25) is 0 Å². The molecule has 0 fully saturated rings.